The maximum Gasteiger partial charge on any atom is 0.251 e. The van der Waals surface area contributed by atoms with Crippen LogP contribution >= 0.6 is 0 Å². The first-order valence-electron chi connectivity index (χ1n) is 11.6. The molecule has 6 rings (SSSR count). The third-order valence-electron chi connectivity index (χ3n) is 6.54. The van der Waals surface area contributed by atoms with Crippen LogP contribution in [-0.4, -0.2) is 23.7 Å². The summed E-state index contributed by atoms with van der Waals surface area (Å²) in [5.41, 5.74) is 4.07. The van der Waals surface area contributed by atoms with Gasteiger partial charge < -0.3 is 19.5 Å². The van der Waals surface area contributed by atoms with Gasteiger partial charge in [-0.1, -0.05) is 48.5 Å². The Morgan fingerprint density at radius 1 is 0.853 bits per heavy atom. The quantitative estimate of drug-likeness (QED) is 0.383. The van der Waals surface area contributed by atoms with Crippen LogP contribution in [0.5, 0.6) is 5.75 Å². The highest BCUT2D eigenvalue weighted by Gasteiger charge is 2.20. The second-order valence-corrected chi connectivity index (χ2v) is 8.61. The van der Waals surface area contributed by atoms with E-state index in [9.17, 15) is 4.79 Å². The first kappa shape index (κ1) is 20.4. The van der Waals surface area contributed by atoms with Gasteiger partial charge in [-0.15, -0.1) is 0 Å². The Bertz CT molecular complexity index is 1490. The summed E-state index contributed by atoms with van der Waals surface area (Å²) in [4.78, 5) is 14.9. The molecule has 1 aliphatic rings. The van der Waals surface area contributed by atoms with Gasteiger partial charge in [-0.25, -0.2) is 0 Å². The van der Waals surface area contributed by atoms with Crippen molar-refractivity contribution in [3.63, 3.8) is 0 Å². The smallest absolute Gasteiger partial charge is 0.251 e. The van der Waals surface area contributed by atoms with Gasteiger partial charge >= 0.3 is 0 Å². The molecule has 1 N–H and O–H groups in total. The van der Waals surface area contributed by atoms with Gasteiger partial charge in [-0.05, 0) is 58.6 Å². The molecule has 0 unspecified atom stereocenters. The normalized spacial score (nSPS) is 13.0. The number of nitrogens with zero attached hydrogens (tertiary/aromatic N) is 2. The lowest BCUT2D eigenvalue weighted by atomic mass is 10.0. The average Bonchev–Trinajstić information content (AvgIpc) is 3.31. The highest BCUT2D eigenvalue weighted by molar-refractivity contribution is 5.94. The van der Waals surface area contributed by atoms with Gasteiger partial charge in [-0.3, -0.25) is 4.79 Å². The van der Waals surface area contributed by atoms with E-state index < -0.39 is 0 Å². The van der Waals surface area contributed by atoms with Crippen LogP contribution in [0.15, 0.2) is 97.2 Å². The fourth-order valence-electron chi connectivity index (χ4n) is 4.72. The number of aromatic nitrogens is 1. The molecular weight excluding hydrogens is 422 g/mol. The monoisotopic (exact) mass is 447 g/mol. The highest BCUT2D eigenvalue weighted by Crippen LogP contribution is 2.34. The van der Waals surface area contributed by atoms with Crippen LogP contribution < -0.4 is 15.0 Å². The first-order valence-corrected chi connectivity index (χ1v) is 11.6. The molecule has 0 aliphatic carbocycles. The minimum Gasteiger partial charge on any atom is -0.473 e. The Labute approximate surface area is 198 Å². The van der Waals surface area contributed by atoms with E-state index in [4.69, 9.17) is 4.74 Å². The molecule has 5 heteroatoms. The Hall–Kier alpha value is -4.25. The zero-order valence-electron chi connectivity index (χ0n) is 18.8. The molecular formula is C29H25N3O2. The molecule has 168 valence electrons. The molecule has 34 heavy (non-hydrogen) atoms. The van der Waals surface area contributed by atoms with Gasteiger partial charge in [0.1, 0.15) is 5.75 Å². The fraction of sp³-hybridized carbons (Fsp3) is 0.138. The van der Waals surface area contributed by atoms with Crippen LogP contribution in [0.3, 0.4) is 0 Å². The first-order chi connectivity index (χ1) is 16.8. The lowest BCUT2D eigenvalue weighted by Gasteiger charge is -2.31. The molecule has 4 aromatic carbocycles. The minimum absolute atomic E-state index is 0.0609. The Balaban J connectivity index is 1.11. The second-order valence-electron chi connectivity index (χ2n) is 8.61. The molecule has 0 spiro atoms. The van der Waals surface area contributed by atoms with E-state index in [1.165, 1.54) is 27.2 Å². The van der Waals surface area contributed by atoms with Gasteiger partial charge in [-0.2, -0.15) is 0 Å². The Morgan fingerprint density at radius 2 is 1.65 bits per heavy atom. The molecule has 0 bridgehead atoms. The third kappa shape index (κ3) is 3.75. The zero-order chi connectivity index (χ0) is 22.9. The van der Waals surface area contributed by atoms with E-state index in [2.05, 4.69) is 75.6 Å². The number of hydrogen-bond donors (Lipinski definition) is 1. The Morgan fingerprint density at radius 3 is 2.53 bits per heavy atom. The van der Waals surface area contributed by atoms with Crippen molar-refractivity contribution in [2.45, 2.75) is 13.1 Å². The zero-order valence-corrected chi connectivity index (χ0v) is 18.8. The molecule has 0 fully saturated rings. The van der Waals surface area contributed by atoms with Gasteiger partial charge in [0, 0.05) is 41.6 Å². The molecule has 5 aromatic rings. The number of carbonyl (C=O) groups excluding carboxylic acids is 1. The minimum atomic E-state index is -0.0609. The molecule has 0 saturated carbocycles. The maximum absolute atomic E-state index is 12.7. The summed E-state index contributed by atoms with van der Waals surface area (Å²) in [6, 6.07) is 30.7. The molecule has 1 aromatic heterocycles. The summed E-state index contributed by atoms with van der Waals surface area (Å²) in [6.07, 6.45) is 2.06. The van der Waals surface area contributed by atoms with Crippen molar-refractivity contribution >= 4 is 33.3 Å². The van der Waals surface area contributed by atoms with Crippen LogP contribution in [0.25, 0.3) is 21.7 Å². The fourth-order valence-corrected chi connectivity index (χ4v) is 4.72. The lowest BCUT2D eigenvalue weighted by molar-refractivity contribution is 0.0952. The van der Waals surface area contributed by atoms with Crippen LogP contribution in [0.4, 0.5) is 5.69 Å². The van der Waals surface area contributed by atoms with E-state index in [0.29, 0.717) is 18.8 Å². The van der Waals surface area contributed by atoms with Crippen LogP contribution in [0, 0.1) is 0 Å². The predicted molar refractivity (Wildman–Crippen MR) is 136 cm³/mol. The number of para-hydroxylation sites is 1. The van der Waals surface area contributed by atoms with Gasteiger partial charge in [0.2, 0.25) is 0 Å². The maximum atomic E-state index is 12.7. The number of rotatable bonds is 5. The molecule has 0 saturated heterocycles. The van der Waals surface area contributed by atoms with Crippen LogP contribution in [0.2, 0.25) is 0 Å². The summed E-state index contributed by atoms with van der Waals surface area (Å²) in [7, 11) is 0. The largest absolute Gasteiger partial charge is 0.473 e. The van der Waals surface area contributed by atoms with Gasteiger partial charge in [0.05, 0.1) is 6.54 Å². The molecule has 1 aliphatic heterocycles. The number of ether oxygens (including phenoxy) is 1. The van der Waals surface area contributed by atoms with Crippen molar-refractivity contribution in [2.75, 3.05) is 18.2 Å². The van der Waals surface area contributed by atoms with E-state index in [0.717, 1.165) is 24.5 Å². The number of fused-ring (bicyclic) bond motifs is 4. The Kier molecular flexibility index (Phi) is 5.15. The standard InChI is InChI=1S/C29H25N3O2/c33-29(30-16-18-31-17-15-22-6-2-4-8-27(22)31)23-9-12-24(13-10-23)32-19-26-25-7-3-1-5-21(25)11-14-28(26)34-20-32/h1-15,17H,16,18-20H2,(H,30,33). The molecule has 2 heterocycles. The molecule has 0 radical (unpaired) electrons. The summed E-state index contributed by atoms with van der Waals surface area (Å²) < 4.78 is 8.20. The number of anilines is 1. The van der Waals surface area contributed by atoms with E-state index >= 15 is 0 Å². The highest BCUT2D eigenvalue weighted by atomic mass is 16.5. The van der Waals surface area contributed by atoms with E-state index in [1.807, 2.05) is 36.4 Å². The molecule has 5 nitrogen and oxygen atoms in total. The van der Waals surface area contributed by atoms with Crippen LogP contribution in [0.1, 0.15) is 15.9 Å². The average molecular weight is 448 g/mol. The third-order valence-corrected chi connectivity index (χ3v) is 6.54. The van der Waals surface area contributed by atoms with Crippen molar-refractivity contribution in [3.8, 4) is 5.75 Å². The number of hydrogen-bond acceptors (Lipinski definition) is 3. The topological polar surface area (TPSA) is 46.5 Å². The van der Waals surface area contributed by atoms with Crippen molar-refractivity contribution in [3.05, 3.63) is 108 Å². The van der Waals surface area contributed by atoms with E-state index in [1.54, 1.807) is 0 Å². The summed E-state index contributed by atoms with van der Waals surface area (Å²) in [5.74, 6) is 0.885. The van der Waals surface area contributed by atoms with Crippen molar-refractivity contribution in [1.82, 2.24) is 9.88 Å². The predicted octanol–water partition coefficient (Wildman–Crippen LogP) is 5.58. The van der Waals surface area contributed by atoms with Crippen molar-refractivity contribution in [1.29, 1.82) is 0 Å². The summed E-state index contributed by atoms with van der Waals surface area (Å²) in [5, 5.41) is 6.68. The number of benzene rings is 4. The number of amides is 1. The van der Waals surface area contributed by atoms with E-state index in [-0.39, 0.29) is 5.91 Å². The van der Waals surface area contributed by atoms with Crippen LogP contribution in [-0.2, 0) is 13.1 Å². The number of nitrogens with one attached hydrogen (secondary N) is 1. The SMILES string of the molecule is O=C(NCCn1ccc2ccccc21)c1ccc(N2COc3ccc4ccccc4c3C2)cc1. The van der Waals surface area contributed by atoms with Gasteiger partial charge in [0.25, 0.3) is 5.91 Å². The number of carbonyl (C=O) groups is 1. The van der Waals surface area contributed by atoms with Crippen molar-refractivity contribution in [2.24, 2.45) is 0 Å². The van der Waals surface area contributed by atoms with Gasteiger partial charge in [0.15, 0.2) is 6.73 Å². The molecule has 1 amide bonds. The van der Waals surface area contributed by atoms with Crippen molar-refractivity contribution < 1.29 is 9.53 Å². The summed E-state index contributed by atoms with van der Waals surface area (Å²) in [6.45, 7) is 2.56. The second kappa shape index (κ2) is 8.60. The lowest BCUT2D eigenvalue weighted by Crippen LogP contribution is -2.32. The summed E-state index contributed by atoms with van der Waals surface area (Å²) >= 11 is 0. The molecule has 0 atom stereocenters.